The van der Waals surface area contributed by atoms with Gasteiger partial charge >= 0.3 is 0 Å². The van der Waals surface area contributed by atoms with Crippen LogP contribution in [0, 0.1) is 13.8 Å². The van der Waals surface area contributed by atoms with Gasteiger partial charge in [0.2, 0.25) is 0 Å². The van der Waals surface area contributed by atoms with Gasteiger partial charge in [-0.25, -0.2) is 4.68 Å². The van der Waals surface area contributed by atoms with Gasteiger partial charge in [0, 0.05) is 7.05 Å². The maximum Gasteiger partial charge on any atom is 0.276 e. The molecule has 0 aliphatic rings. The van der Waals surface area contributed by atoms with Gasteiger partial charge in [0.25, 0.3) is 5.91 Å². The minimum absolute atomic E-state index is 0.168. The summed E-state index contributed by atoms with van der Waals surface area (Å²) in [5, 5.41) is 8.19. The van der Waals surface area contributed by atoms with Crippen molar-refractivity contribution < 1.29 is 9.53 Å². The Morgan fingerprint density at radius 1 is 1.08 bits per heavy atom. The standard InChI is InChI=1S/C20H22N4O2/c1-15-9-7-8-12-18(15)26-14-13-23(3)20(25)19-16(2)24(22-21-19)17-10-5-4-6-11-17/h4-12H,13-14H2,1-3H3. The number of aryl methyl sites for hydroxylation is 1. The van der Waals surface area contributed by atoms with Crippen molar-refractivity contribution in [2.24, 2.45) is 0 Å². The summed E-state index contributed by atoms with van der Waals surface area (Å²) in [7, 11) is 1.74. The number of carbonyl (C=O) groups is 1. The zero-order valence-electron chi connectivity index (χ0n) is 15.2. The van der Waals surface area contributed by atoms with Crippen molar-refractivity contribution in [1.82, 2.24) is 19.9 Å². The summed E-state index contributed by atoms with van der Waals surface area (Å²) in [6, 6.07) is 17.5. The van der Waals surface area contributed by atoms with Gasteiger partial charge in [0.05, 0.1) is 17.9 Å². The lowest BCUT2D eigenvalue weighted by Gasteiger charge is -2.17. The van der Waals surface area contributed by atoms with Crippen molar-refractivity contribution in [3.63, 3.8) is 0 Å². The lowest BCUT2D eigenvalue weighted by molar-refractivity contribution is 0.0767. The van der Waals surface area contributed by atoms with Gasteiger partial charge in [-0.3, -0.25) is 4.79 Å². The zero-order chi connectivity index (χ0) is 18.5. The molecular formula is C20H22N4O2. The Hall–Kier alpha value is -3.15. The summed E-state index contributed by atoms with van der Waals surface area (Å²) in [6.45, 7) is 4.72. The number of rotatable bonds is 6. The number of carbonyl (C=O) groups excluding carboxylic acids is 1. The molecule has 0 N–H and O–H groups in total. The fraction of sp³-hybridized carbons (Fsp3) is 0.250. The van der Waals surface area contributed by atoms with Gasteiger partial charge in [-0.15, -0.1) is 5.10 Å². The number of hydrogen-bond donors (Lipinski definition) is 0. The van der Waals surface area contributed by atoms with Crippen molar-refractivity contribution >= 4 is 5.91 Å². The van der Waals surface area contributed by atoms with Crippen molar-refractivity contribution in [1.29, 1.82) is 0 Å². The van der Waals surface area contributed by atoms with Crippen LogP contribution in [0.5, 0.6) is 5.75 Å². The molecule has 1 aromatic heterocycles. The molecule has 26 heavy (non-hydrogen) atoms. The third-order valence-electron chi connectivity index (χ3n) is 4.22. The molecule has 134 valence electrons. The first-order valence-corrected chi connectivity index (χ1v) is 8.49. The largest absolute Gasteiger partial charge is 0.491 e. The Balaban J connectivity index is 1.64. The predicted octanol–water partition coefficient (Wildman–Crippen LogP) is 3.04. The fourth-order valence-electron chi connectivity index (χ4n) is 2.63. The first-order valence-electron chi connectivity index (χ1n) is 8.49. The molecule has 0 radical (unpaired) electrons. The number of amides is 1. The van der Waals surface area contributed by atoms with Crippen LogP contribution in [0.3, 0.4) is 0 Å². The number of hydrogen-bond acceptors (Lipinski definition) is 4. The molecule has 0 unspecified atom stereocenters. The number of benzene rings is 2. The quantitative estimate of drug-likeness (QED) is 0.686. The molecule has 6 heteroatoms. The highest BCUT2D eigenvalue weighted by Crippen LogP contribution is 2.16. The van der Waals surface area contributed by atoms with E-state index in [0.717, 1.165) is 17.0 Å². The first-order chi connectivity index (χ1) is 12.6. The van der Waals surface area contributed by atoms with E-state index in [0.29, 0.717) is 24.5 Å². The summed E-state index contributed by atoms with van der Waals surface area (Å²) >= 11 is 0. The molecule has 0 aliphatic carbocycles. The van der Waals surface area contributed by atoms with Crippen LogP contribution in [0.25, 0.3) is 5.69 Å². The number of aromatic nitrogens is 3. The summed E-state index contributed by atoms with van der Waals surface area (Å²) < 4.78 is 7.43. The molecule has 0 fully saturated rings. The molecule has 0 aliphatic heterocycles. The maximum atomic E-state index is 12.7. The highest BCUT2D eigenvalue weighted by atomic mass is 16.5. The maximum absolute atomic E-state index is 12.7. The molecule has 2 aromatic carbocycles. The first kappa shape index (κ1) is 17.7. The number of ether oxygens (including phenoxy) is 1. The average Bonchev–Trinajstić information content (AvgIpc) is 3.04. The van der Waals surface area contributed by atoms with E-state index in [4.69, 9.17) is 4.74 Å². The third-order valence-corrected chi connectivity index (χ3v) is 4.22. The molecule has 0 spiro atoms. The second-order valence-corrected chi connectivity index (χ2v) is 6.11. The fourth-order valence-corrected chi connectivity index (χ4v) is 2.63. The number of nitrogens with zero attached hydrogens (tertiary/aromatic N) is 4. The average molecular weight is 350 g/mol. The van der Waals surface area contributed by atoms with E-state index in [1.807, 2.05) is 68.4 Å². The van der Waals surface area contributed by atoms with E-state index in [9.17, 15) is 4.79 Å². The van der Waals surface area contributed by atoms with E-state index in [2.05, 4.69) is 10.3 Å². The van der Waals surface area contributed by atoms with E-state index < -0.39 is 0 Å². The van der Waals surface area contributed by atoms with Crippen LogP contribution in [-0.4, -0.2) is 46.0 Å². The van der Waals surface area contributed by atoms with Crippen LogP contribution in [-0.2, 0) is 0 Å². The van der Waals surface area contributed by atoms with Crippen LogP contribution in [0.15, 0.2) is 54.6 Å². The van der Waals surface area contributed by atoms with Crippen molar-refractivity contribution in [3.05, 3.63) is 71.5 Å². The van der Waals surface area contributed by atoms with Crippen LogP contribution in [0.2, 0.25) is 0 Å². The van der Waals surface area contributed by atoms with Gasteiger partial charge in [0.1, 0.15) is 12.4 Å². The molecule has 0 saturated carbocycles. The van der Waals surface area contributed by atoms with Gasteiger partial charge in [-0.1, -0.05) is 41.6 Å². The van der Waals surface area contributed by atoms with E-state index in [-0.39, 0.29) is 5.91 Å². The molecule has 0 saturated heterocycles. The van der Waals surface area contributed by atoms with Crippen LogP contribution < -0.4 is 4.74 Å². The van der Waals surface area contributed by atoms with Crippen molar-refractivity contribution in [3.8, 4) is 11.4 Å². The van der Waals surface area contributed by atoms with Crippen molar-refractivity contribution in [2.45, 2.75) is 13.8 Å². The highest BCUT2D eigenvalue weighted by molar-refractivity contribution is 5.93. The summed E-state index contributed by atoms with van der Waals surface area (Å²) in [6.07, 6.45) is 0. The number of para-hydroxylation sites is 2. The minimum Gasteiger partial charge on any atom is -0.491 e. The molecule has 0 atom stereocenters. The van der Waals surface area contributed by atoms with E-state index >= 15 is 0 Å². The Kier molecular flexibility index (Phi) is 5.31. The minimum atomic E-state index is -0.168. The van der Waals surface area contributed by atoms with Gasteiger partial charge in [-0.2, -0.15) is 0 Å². The normalized spacial score (nSPS) is 10.6. The topological polar surface area (TPSA) is 60.2 Å². The molecule has 6 nitrogen and oxygen atoms in total. The monoisotopic (exact) mass is 350 g/mol. The van der Waals surface area contributed by atoms with Gasteiger partial charge in [-0.05, 0) is 37.6 Å². The smallest absolute Gasteiger partial charge is 0.276 e. The molecule has 1 amide bonds. The number of likely N-dealkylation sites (N-methyl/N-ethyl adjacent to an activating group) is 1. The molecular weight excluding hydrogens is 328 g/mol. The SMILES string of the molecule is Cc1ccccc1OCCN(C)C(=O)c1nnn(-c2ccccc2)c1C. The lowest BCUT2D eigenvalue weighted by Crippen LogP contribution is -2.31. The van der Waals surface area contributed by atoms with Crippen LogP contribution in [0.4, 0.5) is 0 Å². The van der Waals surface area contributed by atoms with Gasteiger partial charge in [0.15, 0.2) is 5.69 Å². The lowest BCUT2D eigenvalue weighted by atomic mass is 10.2. The van der Waals surface area contributed by atoms with E-state index in [1.54, 1.807) is 16.6 Å². The second kappa shape index (κ2) is 7.82. The third kappa shape index (κ3) is 3.74. The molecule has 3 aromatic rings. The Morgan fingerprint density at radius 2 is 1.77 bits per heavy atom. The Morgan fingerprint density at radius 3 is 2.50 bits per heavy atom. The van der Waals surface area contributed by atoms with Crippen molar-refractivity contribution in [2.75, 3.05) is 20.2 Å². The predicted molar refractivity (Wildman–Crippen MR) is 99.7 cm³/mol. The zero-order valence-corrected chi connectivity index (χ0v) is 15.2. The summed E-state index contributed by atoms with van der Waals surface area (Å²) in [5.41, 5.74) is 3.02. The van der Waals surface area contributed by atoms with Gasteiger partial charge < -0.3 is 9.64 Å². The Labute approximate surface area is 153 Å². The molecule has 1 heterocycles. The van der Waals surface area contributed by atoms with E-state index in [1.165, 1.54) is 0 Å². The summed E-state index contributed by atoms with van der Waals surface area (Å²) in [5.74, 6) is 0.664. The molecule has 3 rings (SSSR count). The second-order valence-electron chi connectivity index (χ2n) is 6.11. The van der Waals surface area contributed by atoms with Crippen LogP contribution in [0.1, 0.15) is 21.7 Å². The van der Waals surface area contributed by atoms with Crippen LogP contribution >= 0.6 is 0 Å². The summed E-state index contributed by atoms with van der Waals surface area (Å²) in [4.78, 5) is 14.3. The highest BCUT2D eigenvalue weighted by Gasteiger charge is 2.20. The Bertz CT molecular complexity index is 890. The molecule has 0 bridgehead atoms.